The van der Waals surface area contributed by atoms with Gasteiger partial charge in [0.1, 0.15) is 5.70 Å². The van der Waals surface area contributed by atoms with Gasteiger partial charge in [0.15, 0.2) is 11.5 Å². The van der Waals surface area contributed by atoms with Crippen molar-refractivity contribution in [1.82, 2.24) is 10.2 Å². The Bertz CT molecular complexity index is 1090. The lowest BCUT2D eigenvalue weighted by molar-refractivity contribution is -0.121. The van der Waals surface area contributed by atoms with Crippen LogP contribution >= 0.6 is 0 Å². The van der Waals surface area contributed by atoms with Crippen LogP contribution in [0, 0.1) is 11.8 Å². The Labute approximate surface area is 195 Å². The molecule has 3 aliphatic rings. The first-order valence-electron chi connectivity index (χ1n) is 11.8. The summed E-state index contributed by atoms with van der Waals surface area (Å²) < 4.78 is 0. The molecule has 0 aromatic heterocycles. The third-order valence-corrected chi connectivity index (χ3v) is 7.00. The molecule has 1 saturated heterocycles. The highest BCUT2D eigenvalue weighted by Crippen LogP contribution is 2.52. The average Bonchev–Trinajstić information content (AvgIpc) is 3.19. The molecule has 6 nitrogen and oxygen atoms in total. The Hall–Kier alpha value is -3.28. The van der Waals surface area contributed by atoms with Gasteiger partial charge in [-0.05, 0) is 49.3 Å². The molecule has 174 valence electrons. The topological polar surface area (TPSA) is 81.7 Å². The number of allylic oxidation sites excluding steroid dienone is 2. The number of phenolic OH excluding ortho intramolecular Hbond substituents is 1. The first-order chi connectivity index (χ1) is 15.9. The molecular formula is C27H33N3O3. The molecule has 2 aromatic carbocycles. The Balaban J connectivity index is 0.00000126. The molecule has 2 fully saturated rings. The van der Waals surface area contributed by atoms with Crippen molar-refractivity contribution in [2.75, 3.05) is 19.4 Å². The van der Waals surface area contributed by atoms with Crippen molar-refractivity contribution in [3.8, 4) is 5.75 Å². The normalized spacial score (nSPS) is 25.0. The summed E-state index contributed by atoms with van der Waals surface area (Å²) >= 11 is 0. The van der Waals surface area contributed by atoms with Gasteiger partial charge in [0.05, 0.1) is 28.4 Å². The van der Waals surface area contributed by atoms with Gasteiger partial charge in [-0.1, -0.05) is 50.2 Å². The largest absolute Gasteiger partial charge is 0.505 e. The van der Waals surface area contributed by atoms with Gasteiger partial charge in [-0.3, -0.25) is 9.59 Å². The fourth-order valence-corrected chi connectivity index (χ4v) is 5.38. The van der Waals surface area contributed by atoms with Crippen LogP contribution in [0.25, 0.3) is 0 Å². The smallest absolute Gasteiger partial charge is 0.257 e. The lowest BCUT2D eigenvalue weighted by atomic mass is 9.78. The average molecular weight is 448 g/mol. The predicted octanol–water partition coefficient (Wildman–Crippen LogP) is 4.63. The van der Waals surface area contributed by atoms with Crippen LogP contribution < -0.4 is 10.6 Å². The van der Waals surface area contributed by atoms with Crippen LogP contribution in [0.2, 0.25) is 0 Å². The molecule has 1 saturated carbocycles. The highest BCUT2D eigenvalue weighted by Gasteiger charge is 2.51. The second-order valence-corrected chi connectivity index (χ2v) is 9.15. The zero-order valence-corrected chi connectivity index (χ0v) is 19.8. The SMILES string of the molecule is CC.CN(C)C(=O)c1cccc(NC2=C3NC4(c5ccccc5)CCC(CC3C2=O)C4)c1O. The van der Waals surface area contributed by atoms with Crippen LogP contribution in [0.4, 0.5) is 5.69 Å². The molecule has 2 aromatic rings. The number of aromatic hydroxyl groups is 1. The number of para-hydroxylation sites is 1. The standard InChI is InChI=1S/C25H27N3O3.C2H6/c1-28(2)24(31)17-9-6-10-19(22(17)29)26-21-20-18(23(21)30)13-15-11-12-25(14-15,27-20)16-7-4-3-5-8-16;1-2/h3-10,15,18,26-27,29H,11-14H2,1-2H3;1-2H3. The van der Waals surface area contributed by atoms with Gasteiger partial charge in [-0.2, -0.15) is 0 Å². The number of nitrogens with one attached hydrogen (secondary N) is 2. The molecule has 1 heterocycles. The van der Waals surface area contributed by atoms with Crippen LogP contribution in [-0.2, 0) is 10.3 Å². The van der Waals surface area contributed by atoms with Gasteiger partial charge < -0.3 is 20.6 Å². The van der Waals surface area contributed by atoms with E-state index in [0.29, 0.717) is 17.3 Å². The number of benzene rings is 2. The molecule has 3 N–H and O–H groups in total. The van der Waals surface area contributed by atoms with Crippen LogP contribution in [0.5, 0.6) is 5.75 Å². The number of Topliss-reactive ketones (excluding diaryl/α,β-unsaturated/α-hetero) is 1. The minimum Gasteiger partial charge on any atom is -0.505 e. The lowest BCUT2D eigenvalue weighted by Crippen LogP contribution is -2.48. The van der Waals surface area contributed by atoms with E-state index in [1.807, 2.05) is 19.9 Å². The number of fused-ring (bicyclic) bond motifs is 3. The summed E-state index contributed by atoms with van der Waals surface area (Å²) in [5.41, 5.74) is 3.10. The Kier molecular flexibility index (Phi) is 6.19. The van der Waals surface area contributed by atoms with E-state index in [1.165, 1.54) is 10.5 Å². The number of amides is 1. The van der Waals surface area contributed by atoms with Crippen molar-refractivity contribution in [1.29, 1.82) is 0 Å². The fraction of sp³-hybridized carbons (Fsp3) is 0.407. The monoisotopic (exact) mass is 447 g/mol. The van der Waals surface area contributed by atoms with Gasteiger partial charge in [-0.15, -0.1) is 0 Å². The van der Waals surface area contributed by atoms with Crippen LogP contribution in [0.15, 0.2) is 59.9 Å². The minimum atomic E-state index is -0.287. The minimum absolute atomic E-state index is 0.0713. The van der Waals surface area contributed by atoms with Crippen LogP contribution in [-0.4, -0.2) is 35.8 Å². The van der Waals surface area contributed by atoms with E-state index < -0.39 is 0 Å². The highest BCUT2D eigenvalue weighted by molar-refractivity contribution is 6.09. The highest BCUT2D eigenvalue weighted by atomic mass is 16.3. The second-order valence-electron chi connectivity index (χ2n) is 9.15. The van der Waals surface area contributed by atoms with E-state index in [0.717, 1.165) is 31.4 Å². The molecule has 33 heavy (non-hydrogen) atoms. The van der Waals surface area contributed by atoms with Crippen molar-refractivity contribution in [2.45, 2.75) is 45.1 Å². The number of phenols is 1. The number of hydrogen-bond donors (Lipinski definition) is 3. The predicted molar refractivity (Wildman–Crippen MR) is 130 cm³/mol. The molecule has 1 aliphatic heterocycles. The third-order valence-electron chi connectivity index (χ3n) is 7.00. The molecule has 6 heteroatoms. The Morgan fingerprint density at radius 3 is 2.55 bits per heavy atom. The molecular weight excluding hydrogens is 414 g/mol. The summed E-state index contributed by atoms with van der Waals surface area (Å²) in [6.07, 6.45) is 4.05. The zero-order chi connectivity index (χ0) is 23.8. The quantitative estimate of drug-likeness (QED) is 0.596. The number of ketones is 1. The summed E-state index contributed by atoms with van der Waals surface area (Å²) in [5.74, 6) is 0.0484. The third kappa shape index (κ3) is 3.88. The zero-order valence-electron chi connectivity index (χ0n) is 19.8. The van der Waals surface area contributed by atoms with Gasteiger partial charge in [0, 0.05) is 14.1 Å². The maximum atomic E-state index is 13.0. The van der Waals surface area contributed by atoms with Crippen LogP contribution in [0.3, 0.4) is 0 Å². The number of rotatable bonds is 4. The second kappa shape index (κ2) is 8.93. The Morgan fingerprint density at radius 1 is 1.12 bits per heavy atom. The fourth-order valence-electron chi connectivity index (χ4n) is 5.38. The molecule has 1 amide bonds. The number of carbonyl (C=O) groups excluding carboxylic acids is 2. The van der Waals surface area contributed by atoms with Gasteiger partial charge in [0.2, 0.25) is 0 Å². The molecule has 0 radical (unpaired) electrons. The Morgan fingerprint density at radius 2 is 1.85 bits per heavy atom. The van der Waals surface area contributed by atoms with E-state index >= 15 is 0 Å². The van der Waals surface area contributed by atoms with E-state index in [-0.39, 0.29) is 34.5 Å². The van der Waals surface area contributed by atoms with E-state index in [2.05, 4.69) is 34.9 Å². The summed E-state index contributed by atoms with van der Waals surface area (Å²) in [7, 11) is 3.28. The van der Waals surface area contributed by atoms with E-state index in [1.54, 1.807) is 32.3 Å². The summed E-state index contributed by atoms with van der Waals surface area (Å²) in [4.78, 5) is 26.8. The molecule has 0 spiro atoms. The lowest BCUT2D eigenvalue weighted by Gasteiger charge is -2.39. The number of hydrogen-bond acceptors (Lipinski definition) is 5. The number of anilines is 1. The van der Waals surface area contributed by atoms with Crippen molar-refractivity contribution in [3.05, 3.63) is 71.1 Å². The maximum absolute atomic E-state index is 13.0. The van der Waals surface area contributed by atoms with Gasteiger partial charge in [0.25, 0.3) is 5.91 Å². The first-order valence-corrected chi connectivity index (χ1v) is 11.8. The van der Waals surface area contributed by atoms with Crippen molar-refractivity contribution >= 4 is 17.4 Å². The molecule has 3 unspecified atom stereocenters. The molecule has 3 atom stereocenters. The number of carbonyl (C=O) groups is 2. The summed E-state index contributed by atoms with van der Waals surface area (Å²) in [5, 5.41) is 17.6. The molecule has 5 rings (SSSR count). The van der Waals surface area contributed by atoms with Crippen molar-refractivity contribution in [3.63, 3.8) is 0 Å². The van der Waals surface area contributed by atoms with Gasteiger partial charge >= 0.3 is 0 Å². The molecule has 2 bridgehead atoms. The number of nitrogens with zero attached hydrogens (tertiary/aromatic N) is 1. The van der Waals surface area contributed by atoms with Crippen LogP contribution in [0.1, 0.15) is 55.5 Å². The molecule has 2 aliphatic carbocycles. The van der Waals surface area contributed by atoms with E-state index in [9.17, 15) is 14.7 Å². The summed E-state index contributed by atoms with van der Waals surface area (Å²) in [6, 6.07) is 15.4. The van der Waals surface area contributed by atoms with Crippen molar-refractivity contribution in [2.24, 2.45) is 11.8 Å². The van der Waals surface area contributed by atoms with Gasteiger partial charge in [-0.25, -0.2) is 0 Å². The summed E-state index contributed by atoms with van der Waals surface area (Å²) in [6.45, 7) is 4.00. The first kappa shape index (κ1) is 22.9. The van der Waals surface area contributed by atoms with Crippen molar-refractivity contribution < 1.29 is 14.7 Å². The maximum Gasteiger partial charge on any atom is 0.257 e. The van der Waals surface area contributed by atoms with E-state index in [4.69, 9.17) is 0 Å².